The molecule has 5 aromatic rings. The fourth-order valence-corrected chi connectivity index (χ4v) is 13.8. The number of fused-ring (bicyclic) bond motifs is 5. The van der Waals surface area contributed by atoms with Crippen molar-refractivity contribution in [1.82, 2.24) is 40.3 Å². The number of aryl methyl sites for hydroxylation is 1. The van der Waals surface area contributed by atoms with E-state index in [1.54, 1.807) is 23.2 Å². The van der Waals surface area contributed by atoms with E-state index < -0.39 is 11.9 Å². The molecule has 13 rings (SSSR count). The van der Waals surface area contributed by atoms with Crippen molar-refractivity contribution in [2.24, 2.45) is 5.41 Å². The fraction of sp³-hybridized carbons (Fsp3) is 0.552. The first-order chi connectivity index (χ1) is 36.5. The van der Waals surface area contributed by atoms with Crippen LogP contribution in [0.5, 0.6) is 11.8 Å². The quantitative estimate of drug-likeness (QED) is 0.106. The molecule has 3 unspecified atom stereocenters. The first-order valence-corrected chi connectivity index (χ1v) is 27.9. The third kappa shape index (κ3) is 9.56. The van der Waals surface area contributed by atoms with Crippen LogP contribution in [0.2, 0.25) is 0 Å². The van der Waals surface area contributed by atoms with Gasteiger partial charge < -0.3 is 44.4 Å². The molecule has 3 N–H and O–H groups in total. The summed E-state index contributed by atoms with van der Waals surface area (Å²) in [7, 11) is 0. The van der Waals surface area contributed by atoms with E-state index in [4.69, 9.17) is 24.4 Å². The second-order valence-corrected chi connectivity index (χ2v) is 23.0. The van der Waals surface area contributed by atoms with Crippen LogP contribution in [0.1, 0.15) is 105 Å². The maximum Gasteiger partial charge on any atom is 0.319 e. The largest absolute Gasteiger partial charge is 0.508 e. The van der Waals surface area contributed by atoms with Gasteiger partial charge in [0.2, 0.25) is 11.8 Å². The average molecular weight is 1020 g/mol. The Kier molecular flexibility index (Phi) is 12.9. The van der Waals surface area contributed by atoms with Crippen molar-refractivity contribution in [2.75, 3.05) is 75.3 Å². The molecule has 17 heteroatoms. The SMILES string of the molecule is CCc1cccc2cc(O)cc(-c3ncc4c(N5CC6CCC(C5)N6)nc(OCC5(CN6CCC(OC7CCN(C8CCN(c9ccc%10c(c9)CN(C9CCC(=O)NC9=O)C%10=O)CC8)CC7)CC6)CC5)nc4c3F)c12. The number of phenols is 1. The zero-order valence-electron chi connectivity index (χ0n) is 43.1. The van der Waals surface area contributed by atoms with Crippen LogP contribution in [0.25, 0.3) is 32.9 Å². The monoisotopic (exact) mass is 1020 g/mol. The number of pyridine rings is 1. The highest BCUT2D eigenvalue weighted by Gasteiger charge is 2.46. The molecule has 16 nitrogen and oxygen atoms in total. The summed E-state index contributed by atoms with van der Waals surface area (Å²) in [4.78, 5) is 63.7. The summed E-state index contributed by atoms with van der Waals surface area (Å²) in [5.74, 6) is -0.599. The maximum absolute atomic E-state index is 17.2. The van der Waals surface area contributed by atoms with Gasteiger partial charge in [0.1, 0.15) is 28.8 Å². The van der Waals surface area contributed by atoms with Crippen LogP contribution in [-0.4, -0.2) is 154 Å². The highest BCUT2D eigenvalue weighted by molar-refractivity contribution is 6.06. The lowest BCUT2D eigenvalue weighted by molar-refractivity contribution is -0.136. The first-order valence-electron chi connectivity index (χ1n) is 27.9. The van der Waals surface area contributed by atoms with Gasteiger partial charge in [-0.2, -0.15) is 9.97 Å². The molecule has 3 amide bonds. The van der Waals surface area contributed by atoms with Crippen LogP contribution in [0.3, 0.4) is 0 Å². The molecule has 0 spiro atoms. The number of likely N-dealkylation sites (tertiary alicyclic amines) is 2. The number of ether oxygens (including phenoxy) is 2. The van der Waals surface area contributed by atoms with Gasteiger partial charge in [-0.05, 0) is 129 Å². The van der Waals surface area contributed by atoms with Gasteiger partial charge in [0.15, 0.2) is 5.82 Å². The minimum Gasteiger partial charge on any atom is -0.508 e. The minimum absolute atomic E-state index is 0.00513. The maximum atomic E-state index is 17.2. The third-order valence-corrected chi connectivity index (χ3v) is 18.1. The van der Waals surface area contributed by atoms with Crippen LogP contribution in [0, 0.1) is 11.2 Å². The van der Waals surface area contributed by atoms with E-state index in [-0.39, 0.29) is 58.6 Å². The predicted octanol–water partition coefficient (Wildman–Crippen LogP) is 6.73. The van der Waals surface area contributed by atoms with Gasteiger partial charge in [-0.3, -0.25) is 24.7 Å². The smallest absolute Gasteiger partial charge is 0.319 e. The number of imide groups is 1. The molecule has 8 aliphatic rings. The topological polar surface area (TPSA) is 169 Å². The van der Waals surface area contributed by atoms with Gasteiger partial charge in [0.05, 0.1) is 24.2 Å². The van der Waals surface area contributed by atoms with Crippen molar-refractivity contribution in [3.63, 3.8) is 0 Å². The normalized spacial score (nSPS) is 24.9. The van der Waals surface area contributed by atoms with Crippen molar-refractivity contribution in [1.29, 1.82) is 0 Å². The Bertz CT molecular complexity index is 3030. The minimum atomic E-state index is -0.601. The number of rotatable bonds is 13. The van der Waals surface area contributed by atoms with E-state index in [9.17, 15) is 19.5 Å². The second-order valence-electron chi connectivity index (χ2n) is 23.0. The number of aromatic hydroxyl groups is 1. The van der Waals surface area contributed by atoms with Gasteiger partial charge in [0.25, 0.3) is 5.91 Å². The molecule has 75 heavy (non-hydrogen) atoms. The molecule has 7 aliphatic heterocycles. The van der Waals surface area contributed by atoms with Gasteiger partial charge in [-0.25, -0.2) is 4.39 Å². The van der Waals surface area contributed by atoms with Crippen LogP contribution < -0.4 is 25.2 Å². The van der Waals surface area contributed by atoms with Crippen molar-refractivity contribution in [3.05, 3.63) is 77.2 Å². The molecular weight excluding hydrogens is 952 g/mol. The Labute approximate surface area is 437 Å². The van der Waals surface area contributed by atoms with E-state index in [0.29, 0.717) is 66.1 Å². The summed E-state index contributed by atoms with van der Waals surface area (Å²) in [5, 5.41) is 19.2. The summed E-state index contributed by atoms with van der Waals surface area (Å²) < 4.78 is 30.6. The van der Waals surface area contributed by atoms with Gasteiger partial charge in [-0.15, -0.1) is 0 Å². The molecule has 0 radical (unpaired) electrons. The van der Waals surface area contributed by atoms with E-state index >= 15 is 4.39 Å². The number of carbonyl (C=O) groups excluding carboxylic acids is 3. The average Bonchev–Trinajstić information content (AvgIpc) is 4.02. The molecule has 3 aromatic carbocycles. The lowest BCUT2D eigenvalue weighted by Crippen LogP contribution is -2.52. The number of carbonyl (C=O) groups is 3. The van der Waals surface area contributed by atoms with E-state index in [0.717, 1.165) is 157 Å². The number of halogens is 1. The molecule has 3 atom stereocenters. The van der Waals surface area contributed by atoms with E-state index in [1.165, 1.54) is 0 Å². The number of piperazine rings is 1. The molecule has 1 aliphatic carbocycles. The summed E-state index contributed by atoms with van der Waals surface area (Å²) in [6.07, 6.45) is 14.4. The van der Waals surface area contributed by atoms with Crippen LogP contribution >= 0.6 is 0 Å². The number of aromatic nitrogens is 3. The molecule has 394 valence electrons. The third-order valence-electron chi connectivity index (χ3n) is 18.1. The lowest BCUT2D eigenvalue weighted by atomic mass is 9.95. The molecule has 7 fully saturated rings. The number of hydrogen-bond donors (Lipinski definition) is 3. The molecule has 2 aromatic heterocycles. The number of benzene rings is 3. The zero-order chi connectivity index (χ0) is 51.0. The molecule has 1 saturated carbocycles. The van der Waals surface area contributed by atoms with E-state index in [2.05, 4.69) is 43.2 Å². The van der Waals surface area contributed by atoms with Crippen molar-refractivity contribution in [2.45, 2.75) is 133 Å². The van der Waals surface area contributed by atoms with Gasteiger partial charge >= 0.3 is 6.01 Å². The summed E-state index contributed by atoms with van der Waals surface area (Å²) in [6.45, 7) is 11.5. The van der Waals surface area contributed by atoms with Gasteiger partial charge in [0, 0.05) is 118 Å². The predicted molar refractivity (Wildman–Crippen MR) is 283 cm³/mol. The summed E-state index contributed by atoms with van der Waals surface area (Å²) in [6, 6.07) is 16.2. The highest BCUT2D eigenvalue weighted by atomic mass is 19.1. The molecule has 6 saturated heterocycles. The Morgan fingerprint density at radius 3 is 2.32 bits per heavy atom. The van der Waals surface area contributed by atoms with Crippen molar-refractivity contribution in [3.8, 4) is 23.0 Å². The van der Waals surface area contributed by atoms with Crippen LogP contribution in [0.4, 0.5) is 15.9 Å². The molecule has 9 heterocycles. The number of piperidine rings is 4. The molecular formula is C58H69FN10O6. The number of nitrogens with one attached hydrogen (secondary N) is 2. The number of phenolic OH excluding ortho intramolecular Hbond substituents is 1. The number of nitrogens with zero attached hydrogens (tertiary/aromatic N) is 8. The number of hydrogen-bond acceptors (Lipinski definition) is 14. The van der Waals surface area contributed by atoms with Crippen LogP contribution in [-0.2, 0) is 27.3 Å². The standard InChI is InChI=1S/C58H69FN10O6/c1-2-35-4-3-5-36-27-42(70)28-46(50(35)36)52-51(59)53-47(29-60-52)54(68-31-38-6-7-39(32-68)61-38)64-57(63-53)74-34-58(18-19-58)33-65-20-14-43(15-21-65)75-44-16-24-66(25-17-44)40-12-22-67(23-13-40)41-8-9-45-37(26-41)30-69(56(45)73)48-10-11-49(71)62-55(48)72/h3-5,8-9,26-29,38-40,43-44,48,61,70H,2,6-7,10-25,30-34H2,1H3,(H,62,71,72). The van der Waals surface area contributed by atoms with Crippen molar-refractivity contribution < 1.29 is 33.4 Å². The number of amides is 3. The second kappa shape index (κ2) is 19.8. The summed E-state index contributed by atoms with van der Waals surface area (Å²) in [5.41, 5.74) is 4.69. The highest BCUT2D eigenvalue weighted by Crippen LogP contribution is 2.47. The fourth-order valence-electron chi connectivity index (χ4n) is 13.8. The number of anilines is 2. The van der Waals surface area contributed by atoms with E-state index in [1.807, 2.05) is 30.3 Å². The Hall–Kier alpha value is -6.01. The first kappa shape index (κ1) is 48.6. The van der Waals surface area contributed by atoms with Crippen LogP contribution in [0.15, 0.2) is 54.7 Å². The Balaban J connectivity index is 0.599. The van der Waals surface area contributed by atoms with Crippen molar-refractivity contribution >= 4 is 50.9 Å². The molecule has 2 bridgehead atoms. The van der Waals surface area contributed by atoms with Gasteiger partial charge in [-0.1, -0.05) is 25.1 Å². The summed E-state index contributed by atoms with van der Waals surface area (Å²) >= 11 is 0. The Morgan fingerprint density at radius 2 is 1.59 bits per heavy atom. The lowest BCUT2D eigenvalue weighted by Gasteiger charge is -2.43. The zero-order valence-corrected chi connectivity index (χ0v) is 43.1. The Morgan fingerprint density at radius 1 is 0.827 bits per heavy atom.